The minimum atomic E-state index is 0.979. The van der Waals surface area contributed by atoms with Gasteiger partial charge in [-0.3, -0.25) is 0 Å². The van der Waals surface area contributed by atoms with Crippen LogP contribution in [0.3, 0.4) is 0 Å². The first-order valence-corrected chi connectivity index (χ1v) is 4.91. The van der Waals surface area contributed by atoms with E-state index in [1.165, 1.54) is 5.39 Å². The van der Waals surface area contributed by atoms with Gasteiger partial charge in [0.15, 0.2) is 5.65 Å². The van der Waals surface area contributed by atoms with Crippen molar-refractivity contribution in [3.05, 3.63) is 5.69 Å². The molecule has 14 heavy (non-hydrogen) atoms. The van der Waals surface area contributed by atoms with Gasteiger partial charge in [-0.1, -0.05) is 0 Å². The highest BCUT2D eigenvalue weighted by atomic mass is 15.4. The number of nitrogens with one attached hydrogen (secondary N) is 1. The van der Waals surface area contributed by atoms with E-state index in [2.05, 4.69) is 15.5 Å². The summed E-state index contributed by atoms with van der Waals surface area (Å²) in [6.07, 6.45) is 1.15. The molecular weight excluding hydrogens is 178 g/mol. The lowest BCUT2D eigenvalue weighted by Gasteiger charge is -2.15. The van der Waals surface area contributed by atoms with Crippen LogP contribution in [0.2, 0.25) is 0 Å². The largest absolute Gasteiger partial charge is 0.370 e. The number of rotatable bonds is 0. The predicted molar refractivity (Wildman–Crippen MR) is 54.3 cm³/mol. The number of aryl methyl sites for hydroxylation is 3. The van der Waals surface area contributed by atoms with E-state index in [1.807, 2.05) is 23.3 Å². The van der Waals surface area contributed by atoms with Crippen molar-refractivity contribution in [2.45, 2.75) is 19.9 Å². The Kier molecular flexibility index (Phi) is 1.40. The fourth-order valence-corrected chi connectivity index (χ4v) is 2.11. The first-order valence-electron chi connectivity index (χ1n) is 4.91. The maximum absolute atomic E-state index is 4.53. The summed E-state index contributed by atoms with van der Waals surface area (Å²) in [5.41, 5.74) is 2.03. The molecule has 0 spiro atoms. The second kappa shape index (κ2) is 2.50. The number of fused-ring (bicyclic) bond motifs is 3. The topological polar surface area (TPSA) is 47.7 Å². The lowest BCUT2D eigenvalue weighted by atomic mass is 10.3. The highest BCUT2D eigenvalue weighted by Crippen LogP contribution is 2.27. The van der Waals surface area contributed by atoms with Crippen LogP contribution >= 0.6 is 0 Å². The molecule has 0 aliphatic carbocycles. The van der Waals surface area contributed by atoms with Gasteiger partial charge in [-0.2, -0.15) is 10.2 Å². The molecule has 0 unspecified atom stereocenters. The summed E-state index contributed by atoms with van der Waals surface area (Å²) in [6, 6.07) is 0. The molecule has 0 bridgehead atoms. The zero-order valence-corrected chi connectivity index (χ0v) is 8.41. The Morgan fingerprint density at radius 3 is 3.07 bits per heavy atom. The molecule has 2 aromatic rings. The van der Waals surface area contributed by atoms with Gasteiger partial charge in [-0.15, -0.1) is 0 Å². The van der Waals surface area contributed by atoms with Crippen molar-refractivity contribution in [3.8, 4) is 0 Å². The molecular formula is C9H13N5. The molecule has 2 aromatic heterocycles. The minimum Gasteiger partial charge on any atom is -0.370 e. The van der Waals surface area contributed by atoms with Gasteiger partial charge in [-0.25, -0.2) is 9.36 Å². The normalized spacial score (nSPS) is 15.6. The molecule has 0 saturated carbocycles. The third-order valence-electron chi connectivity index (χ3n) is 2.74. The number of hydrogen-bond donors (Lipinski definition) is 1. The van der Waals surface area contributed by atoms with Crippen LogP contribution in [0.15, 0.2) is 0 Å². The fourth-order valence-electron chi connectivity index (χ4n) is 2.11. The number of anilines is 1. The van der Waals surface area contributed by atoms with Crippen LogP contribution in [-0.2, 0) is 13.6 Å². The molecule has 1 aliphatic rings. The van der Waals surface area contributed by atoms with Gasteiger partial charge in [-0.05, 0) is 13.3 Å². The third-order valence-corrected chi connectivity index (χ3v) is 2.74. The van der Waals surface area contributed by atoms with Crippen molar-refractivity contribution in [1.82, 2.24) is 19.6 Å². The van der Waals surface area contributed by atoms with Crippen molar-refractivity contribution in [1.29, 1.82) is 0 Å². The monoisotopic (exact) mass is 191 g/mol. The van der Waals surface area contributed by atoms with Crippen LogP contribution in [0.1, 0.15) is 12.1 Å². The molecule has 0 radical (unpaired) electrons. The summed E-state index contributed by atoms with van der Waals surface area (Å²) < 4.78 is 3.89. The number of hydrogen-bond acceptors (Lipinski definition) is 3. The van der Waals surface area contributed by atoms with Crippen molar-refractivity contribution in [2.24, 2.45) is 7.05 Å². The van der Waals surface area contributed by atoms with Crippen molar-refractivity contribution >= 4 is 16.9 Å². The fraction of sp³-hybridized carbons (Fsp3) is 0.556. The Morgan fingerprint density at radius 2 is 2.21 bits per heavy atom. The summed E-state index contributed by atoms with van der Waals surface area (Å²) in [4.78, 5) is 0. The third kappa shape index (κ3) is 0.840. The van der Waals surface area contributed by atoms with Gasteiger partial charge in [0.05, 0.1) is 11.1 Å². The van der Waals surface area contributed by atoms with Gasteiger partial charge in [0, 0.05) is 20.1 Å². The van der Waals surface area contributed by atoms with E-state index in [0.29, 0.717) is 0 Å². The Labute approximate surface area is 81.7 Å². The average molecular weight is 191 g/mol. The van der Waals surface area contributed by atoms with Crippen LogP contribution in [0.4, 0.5) is 5.82 Å². The molecule has 5 heteroatoms. The van der Waals surface area contributed by atoms with Gasteiger partial charge in [0.2, 0.25) is 0 Å². The maximum atomic E-state index is 4.53. The van der Waals surface area contributed by atoms with E-state index in [-0.39, 0.29) is 0 Å². The first kappa shape index (κ1) is 7.84. The quantitative estimate of drug-likeness (QED) is 0.673. The lowest BCUT2D eigenvalue weighted by Crippen LogP contribution is -2.17. The zero-order valence-electron chi connectivity index (χ0n) is 8.41. The SMILES string of the molecule is Cc1nn(C)c2nn3c(c12)NCCC3. The Hall–Kier alpha value is -1.52. The molecule has 5 nitrogen and oxygen atoms in total. The van der Waals surface area contributed by atoms with Gasteiger partial charge < -0.3 is 5.32 Å². The molecule has 1 aliphatic heterocycles. The summed E-state index contributed by atoms with van der Waals surface area (Å²) in [7, 11) is 1.94. The van der Waals surface area contributed by atoms with Crippen LogP contribution in [-0.4, -0.2) is 26.1 Å². The molecule has 0 amide bonds. The summed E-state index contributed by atoms with van der Waals surface area (Å²) >= 11 is 0. The van der Waals surface area contributed by atoms with E-state index in [9.17, 15) is 0 Å². The van der Waals surface area contributed by atoms with Gasteiger partial charge in [0.1, 0.15) is 5.82 Å². The van der Waals surface area contributed by atoms with E-state index >= 15 is 0 Å². The summed E-state index contributed by atoms with van der Waals surface area (Å²) in [5.74, 6) is 1.14. The predicted octanol–water partition coefficient (Wildman–Crippen LogP) is 0.894. The van der Waals surface area contributed by atoms with E-state index in [1.54, 1.807) is 0 Å². The molecule has 0 atom stereocenters. The Balaban J connectivity index is 2.38. The second-order valence-corrected chi connectivity index (χ2v) is 3.76. The number of aromatic nitrogens is 4. The minimum absolute atomic E-state index is 0.979. The second-order valence-electron chi connectivity index (χ2n) is 3.76. The number of nitrogens with zero attached hydrogens (tertiary/aromatic N) is 4. The standard InChI is InChI=1S/C9H13N5/c1-6-7-8-10-4-3-5-14(8)12-9(7)13(2)11-6/h10H,3-5H2,1-2H3. The maximum Gasteiger partial charge on any atom is 0.182 e. The van der Waals surface area contributed by atoms with Crippen LogP contribution in [0, 0.1) is 6.92 Å². The van der Waals surface area contributed by atoms with E-state index < -0.39 is 0 Å². The van der Waals surface area contributed by atoms with Crippen LogP contribution in [0.5, 0.6) is 0 Å². The van der Waals surface area contributed by atoms with Crippen molar-refractivity contribution < 1.29 is 0 Å². The van der Waals surface area contributed by atoms with Gasteiger partial charge in [0.25, 0.3) is 0 Å². The Morgan fingerprint density at radius 1 is 1.36 bits per heavy atom. The zero-order chi connectivity index (χ0) is 9.71. The lowest BCUT2D eigenvalue weighted by molar-refractivity contribution is 0.566. The van der Waals surface area contributed by atoms with E-state index in [0.717, 1.165) is 36.7 Å². The van der Waals surface area contributed by atoms with Crippen LogP contribution < -0.4 is 5.32 Å². The highest BCUT2D eigenvalue weighted by Gasteiger charge is 2.19. The van der Waals surface area contributed by atoms with Crippen LogP contribution in [0.25, 0.3) is 11.0 Å². The summed E-state index contributed by atoms with van der Waals surface area (Å²) in [6.45, 7) is 4.08. The molecule has 3 rings (SSSR count). The Bertz CT molecular complexity index is 493. The van der Waals surface area contributed by atoms with Gasteiger partial charge >= 0.3 is 0 Å². The molecule has 1 N–H and O–H groups in total. The molecule has 74 valence electrons. The molecule has 0 fully saturated rings. The molecule has 0 aromatic carbocycles. The van der Waals surface area contributed by atoms with Crippen molar-refractivity contribution in [2.75, 3.05) is 11.9 Å². The van der Waals surface area contributed by atoms with E-state index in [4.69, 9.17) is 0 Å². The first-order chi connectivity index (χ1) is 6.77. The molecule has 3 heterocycles. The smallest absolute Gasteiger partial charge is 0.182 e. The molecule has 0 saturated heterocycles. The highest BCUT2D eigenvalue weighted by molar-refractivity contribution is 5.90. The average Bonchev–Trinajstić information content (AvgIpc) is 2.66. The van der Waals surface area contributed by atoms with Crippen molar-refractivity contribution in [3.63, 3.8) is 0 Å². The summed E-state index contributed by atoms with van der Waals surface area (Å²) in [5, 5.41) is 13.4.